The minimum atomic E-state index is 0.216. The monoisotopic (exact) mass is 215 g/mol. The third kappa shape index (κ3) is 3.89. The van der Waals surface area contributed by atoms with Crippen molar-refractivity contribution in [3.63, 3.8) is 0 Å². The van der Waals surface area contributed by atoms with E-state index in [9.17, 15) is 0 Å². The number of halogens is 1. The lowest BCUT2D eigenvalue weighted by Crippen LogP contribution is -2.13. The SMILES string of the molecule is CC(CCO)CNc1cc(Cl)ncn1. The number of aliphatic hydroxyl groups excluding tert-OH is 1. The summed E-state index contributed by atoms with van der Waals surface area (Å²) in [6, 6.07) is 1.67. The highest BCUT2D eigenvalue weighted by Gasteiger charge is 2.01. The Balaban J connectivity index is 2.37. The summed E-state index contributed by atoms with van der Waals surface area (Å²) in [5.41, 5.74) is 0. The Kier molecular flexibility index (Phi) is 4.62. The van der Waals surface area contributed by atoms with Gasteiger partial charge in [0.2, 0.25) is 0 Å². The van der Waals surface area contributed by atoms with Gasteiger partial charge in [-0.1, -0.05) is 18.5 Å². The van der Waals surface area contributed by atoms with Crippen LogP contribution in [0.3, 0.4) is 0 Å². The van der Waals surface area contributed by atoms with Crippen molar-refractivity contribution in [2.75, 3.05) is 18.5 Å². The van der Waals surface area contributed by atoms with Gasteiger partial charge in [-0.3, -0.25) is 0 Å². The number of anilines is 1. The van der Waals surface area contributed by atoms with Crippen LogP contribution in [0.4, 0.5) is 5.82 Å². The minimum absolute atomic E-state index is 0.216. The van der Waals surface area contributed by atoms with E-state index in [1.807, 2.05) is 0 Å². The highest BCUT2D eigenvalue weighted by molar-refractivity contribution is 6.29. The fourth-order valence-electron chi connectivity index (χ4n) is 1.03. The van der Waals surface area contributed by atoms with Gasteiger partial charge in [0, 0.05) is 19.2 Å². The molecule has 4 nitrogen and oxygen atoms in total. The molecule has 0 saturated heterocycles. The minimum Gasteiger partial charge on any atom is -0.396 e. The second kappa shape index (κ2) is 5.78. The summed E-state index contributed by atoms with van der Waals surface area (Å²) in [4.78, 5) is 7.78. The van der Waals surface area contributed by atoms with E-state index in [-0.39, 0.29) is 6.61 Å². The van der Waals surface area contributed by atoms with Gasteiger partial charge in [0.1, 0.15) is 17.3 Å². The van der Waals surface area contributed by atoms with Gasteiger partial charge < -0.3 is 10.4 Å². The molecule has 0 radical (unpaired) electrons. The van der Waals surface area contributed by atoms with Gasteiger partial charge in [0.05, 0.1) is 0 Å². The standard InChI is InChI=1S/C9H14ClN3O/c1-7(2-3-14)5-11-9-4-8(10)12-6-13-9/h4,6-7,14H,2-3,5H2,1H3,(H,11,12,13). The molecule has 0 aliphatic rings. The predicted molar refractivity (Wildman–Crippen MR) is 56.4 cm³/mol. The van der Waals surface area contributed by atoms with Crippen LogP contribution in [0.25, 0.3) is 0 Å². The molecule has 1 aromatic rings. The van der Waals surface area contributed by atoms with Crippen LogP contribution < -0.4 is 5.32 Å². The average Bonchev–Trinajstić information content (AvgIpc) is 2.15. The molecule has 0 fully saturated rings. The van der Waals surface area contributed by atoms with Crippen molar-refractivity contribution in [2.24, 2.45) is 5.92 Å². The molecule has 2 N–H and O–H groups in total. The summed E-state index contributed by atoms with van der Waals surface area (Å²) < 4.78 is 0. The van der Waals surface area contributed by atoms with E-state index in [1.165, 1.54) is 6.33 Å². The highest BCUT2D eigenvalue weighted by Crippen LogP contribution is 2.09. The van der Waals surface area contributed by atoms with Crippen LogP contribution in [-0.2, 0) is 0 Å². The van der Waals surface area contributed by atoms with E-state index in [0.29, 0.717) is 11.1 Å². The van der Waals surface area contributed by atoms with Crippen LogP contribution in [-0.4, -0.2) is 28.2 Å². The number of hydrogen-bond donors (Lipinski definition) is 2. The lowest BCUT2D eigenvalue weighted by atomic mass is 10.1. The van der Waals surface area contributed by atoms with Crippen LogP contribution >= 0.6 is 11.6 Å². The summed E-state index contributed by atoms with van der Waals surface area (Å²) >= 11 is 5.69. The first-order chi connectivity index (χ1) is 6.72. The molecule has 0 aliphatic heterocycles. The van der Waals surface area contributed by atoms with Gasteiger partial charge in [-0.25, -0.2) is 9.97 Å². The van der Waals surface area contributed by atoms with Crippen molar-refractivity contribution in [1.82, 2.24) is 9.97 Å². The topological polar surface area (TPSA) is 58.0 Å². The number of rotatable bonds is 5. The summed E-state index contributed by atoms with van der Waals surface area (Å²) in [6.07, 6.45) is 2.20. The zero-order chi connectivity index (χ0) is 10.4. The number of aromatic nitrogens is 2. The van der Waals surface area contributed by atoms with Crippen LogP contribution in [0.15, 0.2) is 12.4 Å². The third-order valence-electron chi connectivity index (χ3n) is 1.89. The Morgan fingerprint density at radius 2 is 2.36 bits per heavy atom. The Labute approximate surface area is 88.3 Å². The summed E-state index contributed by atoms with van der Waals surface area (Å²) in [5, 5.41) is 12.3. The normalized spacial score (nSPS) is 12.5. The maximum absolute atomic E-state index is 8.70. The molecule has 0 bridgehead atoms. The Morgan fingerprint density at radius 3 is 3.00 bits per heavy atom. The molecular formula is C9H14ClN3O. The van der Waals surface area contributed by atoms with Gasteiger partial charge in [-0.2, -0.15) is 0 Å². The molecule has 0 saturated carbocycles. The number of hydrogen-bond acceptors (Lipinski definition) is 4. The Bertz CT molecular complexity index is 283. The third-order valence-corrected chi connectivity index (χ3v) is 2.09. The lowest BCUT2D eigenvalue weighted by molar-refractivity contribution is 0.266. The number of aliphatic hydroxyl groups is 1. The van der Waals surface area contributed by atoms with Crippen molar-refractivity contribution in [1.29, 1.82) is 0 Å². The van der Waals surface area contributed by atoms with Crippen LogP contribution in [0, 0.1) is 5.92 Å². The summed E-state index contributed by atoms with van der Waals surface area (Å²) in [6.45, 7) is 3.05. The Hall–Kier alpha value is -0.870. The molecule has 1 atom stereocenters. The van der Waals surface area contributed by atoms with E-state index < -0.39 is 0 Å². The molecule has 1 unspecified atom stereocenters. The van der Waals surface area contributed by atoms with Gasteiger partial charge >= 0.3 is 0 Å². The molecule has 0 aliphatic carbocycles. The molecule has 1 rings (SSSR count). The smallest absolute Gasteiger partial charge is 0.134 e. The van der Waals surface area contributed by atoms with Crippen LogP contribution in [0.5, 0.6) is 0 Å². The second-order valence-corrected chi connectivity index (χ2v) is 3.61. The fourth-order valence-corrected chi connectivity index (χ4v) is 1.18. The number of nitrogens with zero attached hydrogens (tertiary/aromatic N) is 2. The molecule has 0 amide bonds. The average molecular weight is 216 g/mol. The van der Waals surface area contributed by atoms with Crippen molar-refractivity contribution >= 4 is 17.4 Å². The molecule has 78 valence electrons. The summed E-state index contributed by atoms with van der Waals surface area (Å²) in [7, 11) is 0. The van der Waals surface area contributed by atoms with Gasteiger partial charge in [-0.15, -0.1) is 0 Å². The quantitative estimate of drug-likeness (QED) is 0.732. The van der Waals surface area contributed by atoms with E-state index >= 15 is 0 Å². The van der Waals surface area contributed by atoms with Crippen LogP contribution in [0.1, 0.15) is 13.3 Å². The summed E-state index contributed by atoms with van der Waals surface area (Å²) in [5.74, 6) is 1.13. The van der Waals surface area contributed by atoms with Gasteiger partial charge in [0.15, 0.2) is 0 Å². The Morgan fingerprint density at radius 1 is 1.57 bits per heavy atom. The molecule has 1 heterocycles. The van der Waals surface area contributed by atoms with Crippen molar-refractivity contribution in [3.8, 4) is 0 Å². The molecule has 14 heavy (non-hydrogen) atoms. The predicted octanol–water partition coefficient (Wildman–Crippen LogP) is 1.56. The van der Waals surface area contributed by atoms with Crippen molar-refractivity contribution in [2.45, 2.75) is 13.3 Å². The first-order valence-corrected chi connectivity index (χ1v) is 4.92. The van der Waals surface area contributed by atoms with E-state index in [0.717, 1.165) is 18.8 Å². The first-order valence-electron chi connectivity index (χ1n) is 4.54. The number of nitrogens with one attached hydrogen (secondary N) is 1. The molecule has 5 heteroatoms. The molecule has 1 aromatic heterocycles. The molecular weight excluding hydrogens is 202 g/mol. The maximum atomic E-state index is 8.70. The van der Waals surface area contributed by atoms with Crippen LogP contribution in [0.2, 0.25) is 5.15 Å². The molecule has 0 spiro atoms. The first kappa shape index (κ1) is 11.2. The fraction of sp³-hybridized carbons (Fsp3) is 0.556. The van der Waals surface area contributed by atoms with E-state index in [4.69, 9.17) is 16.7 Å². The van der Waals surface area contributed by atoms with Crippen molar-refractivity contribution < 1.29 is 5.11 Å². The second-order valence-electron chi connectivity index (χ2n) is 3.22. The van der Waals surface area contributed by atoms with Crippen molar-refractivity contribution in [3.05, 3.63) is 17.5 Å². The van der Waals surface area contributed by atoms with E-state index in [2.05, 4.69) is 22.2 Å². The largest absolute Gasteiger partial charge is 0.396 e. The van der Waals surface area contributed by atoms with Gasteiger partial charge in [-0.05, 0) is 12.3 Å². The zero-order valence-electron chi connectivity index (χ0n) is 8.07. The van der Waals surface area contributed by atoms with Gasteiger partial charge in [0.25, 0.3) is 0 Å². The molecule has 0 aromatic carbocycles. The highest BCUT2D eigenvalue weighted by atomic mass is 35.5. The lowest BCUT2D eigenvalue weighted by Gasteiger charge is -2.11. The van der Waals surface area contributed by atoms with E-state index in [1.54, 1.807) is 6.07 Å². The zero-order valence-corrected chi connectivity index (χ0v) is 8.83. The maximum Gasteiger partial charge on any atom is 0.134 e.